The molecule has 1 aromatic rings. The van der Waals surface area contributed by atoms with Crippen molar-refractivity contribution in [3.63, 3.8) is 0 Å². The van der Waals surface area contributed by atoms with Crippen molar-refractivity contribution in [3.05, 3.63) is 16.1 Å². The largest absolute Gasteiger partial charge is 0.390 e. The van der Waals surface area contributed by atoms with Crippen molar-refractivity contribution in [3.8, 4) is 0 Å². The van der Waals surface area contributed by atoms with Gasteiger partial charge in [0.05, 0.1) is 22.4 Å². The first-order valence-electron chi connectivity index (χ1n) is 5.46. The molecule has 1 aromatic heterocycles. The molecule has 0 aliphatic heterocycles. The van der Waals surface area contributed by atoms with Gasteiger partial charge in [-0.1, -0.05) is 20.8 Å². The van der Waals surface area contributed by atoms with Crippen LogP contribution in [0, 0.1) is 0 Å². The molecule has 0 bridgehead atoms. The van der Waals surface area contributed by atoms with Gasteiger partial charge in [0.1, 0.15) is 0 Å². The van der Waals surface area contributed by atoms with Crippen molar-refractivity contribution in [1.29, 1.82) is 0 Å². The van der Waals surface area contributed by atoms with Crippen LogP contribution in [0.2, 0.25) is 0 Å². The van der Waals surface area contributed by atoms with Crippen LogP contribution in [0.5, 0.6) is 0 Å². The fourth-order valence-electron chi connectivity index (χ4n) is 1.16. The Labute approximate surface area is 101 Å². The zero-order valence-electron chi connectivity index (χ0n) is 10.6. The third kappa shape index (κ3) is 3.54. The van der Waals surface area contributed by atoms with E-state index in [0.717, 1.165) is 10.7 Å². The first-order chi connectivity index (χ1) is 7.10. The van der Waals surface area contributed by atoms with E-state index in [4.69, 9.17) is 0 Å². The Balaban J connectivity index is 2.74. The van der Waals surface area contributed by atoms with Gasteiger partial charge < -0.3 is 10.2 Å². The van der Waals surface area contributed by atoms with Crippen LogP contribution in [-0.2, 0) is 11.8 Å². The zero-order chi connectivity index (χ0) is 12.6. The average Bonchev–Trinajstić information content (AvgIpc) is 2.49. The highest BCUT2D eigenvalue weighted by Gasteiger charge is 2.26. The molecule has 1 unspecified atom stereocenters. The molecule has 0 amide bonds. The normalized spacial score (nSPS) is 15.2. The molecule has 2 N–H and O–H groups in total. The Morgan fingerprint density at radius 3 is 2.25 bits per heavy atom. The molecule has 4 heteroatoms. The van der Waals surface area contributed by atoms with E-state index in [1.54, 1.807) is 13.8 Å². The van der Waals surface area contributed by atoms with Gasteiger partial charge in [-0.05, 0) is 13.8 Å². The van der Waals surface area contributed by atoms with Crippen LogP contribution in [-0.4, -0.2) is 26.9 Å². The topological polar surface area (TPSA) is 53.4 Å². The third-order valence-electron chi connectivity index (χ3n) is 2.50. The van der Waals surface area contributed by atoms with E-state index in [1.807, 2.05) is 5.38 Å². The molecule has 0 fully saturated rings. The summed E-state index contributed by atoms with van der Waals surface area (Å²) in [7, 11) is 0. The molecular weight excluding hydrogens is 222 g/mol. The Bertz CT molecular complexity index is 347. The molecule has 1 rings (SSSR count). The van der Waals surface area contributed by atoms with E-state index in [1.165, 1.54) is 11.3 Å². The maximum atomic E-state index is 9.77. The van der Waals surface area contributed by atoms with Crippen molar-refractivity contribution < 1.29 is 10.2 Å². The molecule has 1 heterocycles. The van der Waals surface area contributed by atoms with E-state index in [-0.39, 0.29) is 5.41 Å². The number of thiazole rings is 1. The lowest BCUT2D eigenvalue weighted by molar-refractivity contribution is -0.0469. The van der Waals surface area contributed by atoms with Gasteiger partial charge in [-0.3, -0.25) is 0 Å². The summed E-state index contributed by atoms with van der Waals surface area (Å²) in [5.74, 6) is 0. The third-order valence-corrected chi connectivity index (χ3v) is 3.37. The number of nitrogens with zero attached hydrogens (tertiary/aromatic N) is 1. The summed E-state index contributed by atoms with van der Waals surface area (Å²) < 4.78 is 0. The van der Waals surface area contributed by atoms with E-state index in [9.17, 15) is 10.2 Å². The summed E-state index contributed by atoms with van der Waals surface area (Å²) in [6.07, 6.45) is -0.365. The molecule has 0 saturated heterocycles. The lowest BCUT2D eigenvalue weighted by atomic mass is 9.93. The second kappa shape index (κ2) is 4.43. The standard InChI is InChI=1S/C12H21NO2S/c1-11(2,3)8-7-16-10(13-8)6-9(14)12(4,5)15/h7,9,14-15H,6H2,1-5H3. The Hall–Kier alpha value is -0.450. The zero-order valence-corrected chi connectivity index (χ0v) is 11.4. The molecule has 0 aliphatic rings. The van der Waals surface area contributed by atoms with Gasteiger partial charge in [-0.25, -0.2) is 4.98 Å². The summed E-state index contributed by atoms with van der Waals surface area (Å²) in [6, 6.07) is 0. The van der Waals surface area contributed by atoms with Gasteiger partial charge in [-0.2, -0.15) is 0 Å². The highest BCUT2D eigenvalue weighted by atomic mass is 32.1. The summed E-state index contributed by atoms with van der Waals surface area (Å²) in [5, 5.41) is 22.3. The van der Waals surface area contributed by atoms with Crippen LogP contribution in [0.1, 0.15) is 45.3 Å². The fourth-order valence-corrected chi connectivity index (χ4v) is 2.22. The Morgan fingerprint density at radius 2 is 1.88 bits per heavy atom. The van der Waals surface area contributed by atoms with Crippen molar-refractivity contribution in [2.24, 2.45) is 0 Å². The molecule has 92 valence electrons. The van der Waals surface area contributed by atoms with Crippen LogP contribution in [0.15, 0.2) is 5.38 Å². The van der Waals surface area contributed by atoms with Gasteiger partial charge in [0.15, 0.2) is 0 Å². The van der Waals surface area contributed by atoms with Crippen LogP contribution in [0.4, 0.5) is 0 Å². The summed E-state index contributed by atoms with van der Waals surface area (Å²) >= 11 is 1.54. The van der Waals surface area contributed by atoms with Crippen molar-refractivity contribution in [2.75, 3.05) is 0 Å². The van der Waals surface area contributed by atoms with Gasteiger partial charge in [-0.15, -0.1) is 11.3 Å². The van der Waals surface area contributed by atoms with Crippen LogP contribution in [0.25, 0.3) is 0 Å². The molecule has 16 heavy (non-hydrogen) atoms. The summed E-state index contributed by atoms with van der Waals surface area (Å²) in [5.41, 5.74) is -0.00223. The molecule has 1 atom stereocenters. The number of aliphatic hydroxyl groups is 2. The number of hydrogen-bond donors (Lipinski definition) is 2. The fraction of sp³-hybridized carbons (Fsp3) is 0.750. The second-order valence-electron chi connectivity index (χ2n) is 5.75. The molecular formula is C12H21NO2S. The van der Waals surface area contributed by atoms with Crippen molar-refractivity contribution in [2.45, 2.75) is 58.2 Å². The Morgan fingerprint density at radius 1 is 1.31 bits per heavy atom. The van der Waals surface area contributed by atoms with E-state index in [2.05, 4.69) is 25.8 Å². The summed E-state index contributed by atoms with van der Waals surface area (Å²) in [4.78, 5) is 4.48. The molecule has 3 nitrogen and oxygen atoms in total. The number of aromatic nitrogens is 1. The quantitative estimate of drug-likeness (QED) is 0.855. The van der Waals surface area contributed by atoms with Gasteiger partial charge in [0.2, 0.25) is 0 Å². The van der Waals surface area contributed by atoms with E-state index in [0.29, 0.717) is 6.42 Å². The lowest BCUT2D eigenvalue weighted by Gasteiger charge is -2.23. The van der Waals surface area contributed by atoms with Crippen LogP contribution >= 0.6 is 11.3 Å². The van der Waals surface area contributed by atoms with Gasteiger partial charge >= 0.3 is 0 Å². The first-order valence-corrected chi connectivity index (χ1v) is 6.34. The SMILES string of the molecule is CC(C)(C)c1csc(CC(O)C(C)(C)O)n1. The van der Waals surface area contributed by atoms with Crippen molar-refractivity contribution in [1.82, 2.24) is 4.98 Å². The van der Waals surface area contributed by atoms with Crippen molar-refractivity contribution >= 4 is 11.3 Å². The minimum Gasteiger partial charge on any atom is -0.390 e. The highest BCUT2D eigenvalue weighted by Crippen LogP contribution is 2.25. The van der Waals surface area contributed by atoms with Gasteiger partial charge in [0.25, 0.3) is 0 Å². The lowest BCUT2D eigenvalue weighted by Crippen LogP contribution is -2.37. The predicted molar refractivity (Wildman–Crippen MR) is 66.8 cm³/mol. The smallest absolute Gasteiger partial charge is 0.0955 e. The molecule has 0 spiro atoms. The highest BCUT2D eigenvalue weighted by molar-refractivity contribution is 7.09. The van der Waals surface area contributed by atoms with Crippen LogP contribution in [0.3, 0.4) is 0 Å². The molecule has 0 aliphatic carbocycles. The van der Waals surface area contributed by atoms with Crippen LogP contribution < -0.4 is 0 Å². The first kappa shape index (κ1) is 13.6. The number of hydrogen-bond acceptors (Lipinski definition) is 4. The second-order valence-corrected chi connectivity index (χ2v) is 6.69. The molecule has 0 saturated carbocycles. The maximum Gasteiger partial charge on any atom is 0.0955 e. The van der Waals surface area contributed by atoms with E-state index >= 15 is 0 Å². The number of aliphatic hydroxyl groups excluding tert-OH is 1. The Kier molecular flexibility index (Phi) is 3.77. The molecule has 0 radical (unpaired) electrons. The summed E-state index contributed by atoms with van der Waals surface area (Å²) in [6.45, 7) is 9.54. The minimum absolute atomic E-state index is 0.0361. The monoisotopic (exact) mass is 243 g/mol. The van der Waals surface area contributed by atoms with Gasteiger partial charge in [0, 0.05) is 17.2 Å². The maximum absolute atomic E-state index is 9.77. The predicted octanol–water partition coefficient (Wildman–Crippen LogP) is 2.11. The average molecular weight is 243 g/mol. The number of rotatable bonds is 3. The van der Waals surface area contributed by atoms with E-state index < -0.39 is 11.7 Å². The minimum atomic E-state index is -1.08. The molecule has 0 aromatic carbocycles.